The van der Waals surface area contributed by atoms with E-state index in [2.05, 4.69) is 15.0 Å². The molecule has 0 radical (unpaired) electrons. The number of H-pyrrole nitrogens is 3. The Morgan fingerprint density at radius 2 is 1.40 bits per heavy atom. The van der Waals surface area contributed by atoms with E-state index in [0.717, 1.165) is 45.0 Å². The molecule has 8 nitrogen and oxygen atoms in total. The summed E-state index contributed by atoms with van der Waals surface area (Å²) in [4.78, 5) is 19.3. The van der Waals surface area contributed by atoms with Gasteiger partial charge in [-0.3, -0.25) is 4.55 Å². The van der Waals surface area contributed by atoms with Gasteiger partial charge in [-0.2, -0.15) is 8.42 Å². The molecule has 4 aromatic heterocycles. The number of hydrogen-bond donors (Lipinski definition) is 4. The van der Waals surface area contributed by atoms with Crippen molar-refractivity contribution in [1.29, 1.82) is 0 Å². The first-order valence-electron chi connectivity index (χ1n) is 12.2. The smallest absolute Gasteiger partial charge is 0.296 e. The summed E-state index contributed by atoms with van der Waals surface area (Å²) in [6, 6.07) is 26.3. The van der Waals surface area contributed by atoms with E-state index in [9.17, 15) is 13.0 Å². The van der Waals surface area contributed by atoms with Crippen LogP contribution < -0.4 is 0 Å². The van der Waals surface area contributed by atoms with E-state index < -0.39 is 10.1 Å². The van der Waals surface area contributed by atoms with Crippen molar-refractivity contribution in [2.24, 2.45) is 0 Å². The van der Waals surface area contributed by atoms with Gasteiger partial charge in [-0.25, -0.2) is 9.97 Å². The molecule has 0 saturated heterocycles. The third-order valence-corrected chi connectivity index (χ3v) is 7.53. The first-order valence-corrected chi connectivity index (χ1v) is 13.7. The van der Waals surface area contributed by atoms with Crippen LogP contribution in [0, 0.1) is 0 Å². The van der Waals surface area contributed by atoms with Crippen molar-refractivity contribution < 1.29 is 32.4 Å². The summed E-state index contributed by atoms with van der Waals surface area (Å²) in [5, 5.41) is 0. The number of hydrogen-bond acceptors (Lipinski definition) is 4. The molecule has 7 rings (SSSR count). The maximum Gasteiger partial charge on any atom is 0.296 e. The van der Waals surface area contributed by atoms with Crippen molar-refractivity contribution in [1.82, 2.24) is 24.9 Å². The molecule has 0 saturated carbocycles. The van der Waals surface area contributed by atoms with Crippen molar-refractivity contribution in [2.45, 2.75) is 4.90 Å². The SMILES string of the molecule is O=S(=O)(O)c1cc2cc3nc(cc4nc(cc5ccc(cc1[nH]2)[nH]5)C=C4)C(c1ccccc1)=C3c1ccc[nH]1.[Zn]. The molecule has 1 aromatic carbocycles. The maximum atomic E-state index is 12.3. The van der Waals surface area contributed by atoms with Gasteiger partial charge < -0.3 is 15.0 Å². The van der Waals surface area contributed by atoms with Gasteiger partial charge in [0, 0.05) is 59.1 Å². The molecule has 0 aliphatic carbocycles. The number of nitrogens with one attached hydrogen (secondary N) is 3. The van der Waals surface area contributed by atoms with Crippen LogP contribution in [-0.2, 0) is 29.6 Å². The molecule has 0 unspecified atom stereocenters. The number of aromatic amines is 3. The van der Waals surface area contributed by atoms with E-state index >= 15 is 0 Å². The molecule has 5 aromatic rings. The van der Waals surface area contributed by atoms with Crippen molar-refractivity contribution in [3.05, 3.63) is 125 Å². The van der Waals surface area contributed by atoms with Crippen LogP contribution >= 0.6 is 0 Å². The summed E-state index contributed by atoms with van der Waals surface area (Å²) >= 11 is 0. The van der Waals surface area contributed by atoms with Crippen molar-refractivity contribution in [3.8, 4) is 0 Å². The van der Waals surface area contributed by atoms with Crippen molar-refractivity contribution in [3.63, 3.8) is 0 Å². The average Bonchev–Trinajstić information content (AvgIpc) is 3.72. The fourth-order valence-electron chi connectivity index (χ4n) is 4.99. The standard InChI is InChI=1S/C30H21N5O3S.Zn/c36-39(37,38)28-17-23-16-27-30(24-7-4-12-31-24)29(18-5-2-1-3-6-18)26(35-27)15-22-11-9-20(33-22)13-19-8-10-21(32-19)14-25(28)34-23;/h1-17,31-32,34H,(H,36,37,38);. The normalized spacial score (nSPS) is 12.9. The minimum atomic E-state index is -4.50. The van der Waals surface area contributed by atoms with Gasteiger partial charge in [-0.1, -0.05) is 30.3 Å². The van der Waals surface area contributed by atoms with Gasteiger partial charge in [0.05, 0.1) is 28.3 Å². The van der Waals surface area contributed by atoms with Gasteiger partial charge in [-0.05, 0) is 72.3 Å². The predicted octanol–water partition coefficient (Wildman–Crippen LogP) is 6.06. The van der Waals surface area contributed by atoms with Gasteiger partial charge in [0.25, 0.3) is 10.1 Å². The van der Waals surface area contributed by atoms with E-state index in [-0.39, 0.29) is 29.9 Å². The van der Waals surface area contributed by atoms with Crippen LogP contribution in [-0.4, -0.2) is 37.9 Å². The zero-order valence-corrected chi connectivity index (χ0v) is 24.9. The Labute approximate surface area is 242 Å². The monoisotopic (exact) mass is 595 g/mol. The summed E-state index contributed by atoms with van der Waals surface area (Å²) < 4.78 is 34.6. The quantitative estimate of drug-likeness (QED) is 0.146. The molecule has 2 aliphatic heterocycles. The topological polar surface area (TPSA) is 128 Å². The number of aromatic nitrogens is 5. The second kappa shape index (κ2) is 9.99. The number of benzene rings is 1. The first-order chi connectivity index (χ1) is 18.9. The first kappa shape index (κ1) is 25.9. The molecule has 6 heterocycles. The summed E-state index contributed by atoms with van der Waals surface area (Å²) in [6.45, 7) is 0. The van der Waals surface area contributed by atoms with Gasteiger partial charge in [0.1, 0.15) is 4.90 Å². The van der Waals surface area contributed by atoms with Gasteiger partial charge >= 0.3 is 0 Å². The second-order valence-electron chi connectivity index (χ2n) is 9.30. The second-order valence-corrected chi connectivity index (χ2v) is 10.7. The Bertz CT molecular complexity index is 2090. The van der Waals surface area contributed by atoms with Crippen LogP contribution in [0.3, 0.4) is 0 Å². The van der Waals surface area contributed by atoms with Gasteiger partial charge in [0.15, 0.2) is 0 Å². The molecule has 192 valence electrons. The Morgan fingerprint density at radius 1 is 0.675 bits per heavy atom. The van der Waals surface area contributed by atoms with Crippen molar-refractivity contribution >= 4 is 55.5 Å². The van der Waals surface area contributed by atoms with Crippen LogP contribution in [0.2, 0.25) is 0 Å². The molecule has 4 N–H and O–H groups in total. The largest absolute Gasteiger partial charge is 0.361 e. The van der Waals surface area contributed by atoms with Crippen LogP contribution in [0.1, 0.15) is 34.0 Å². The van der Waals surface area contributed by atoms with E-state index in [1.165, 1.54) is 6.07 Å². The summed E-state index contributed by atoms with van der Waals surface area (Å²) in [7, 11) is -4.50. The minimum absolute atomic E-state index is 0. The molecule has 0 spiro atoms. The summed E-state index contributed by atoms with van der Waals surface area (Å²) in [6.07, 6.45) is 5.74. The fourth-order valence-corrected chi connectivity index (χ4v) is 5.65. The molecule has 40 heavy (non-hydrogen) atoms. The summed E-state index contributed by atoms with van der Waals surface area (Å²) in [5.74, 6) is 0. The number of fused-ring (bicyclic) bond motifs is 8. The van der Waals surface area contributed by atoms with Crippen LogP contribution in [0.5, 0.6) is 0 Å². The molecular formula is C30H21N5O3SZn. The van der Waals surface area contributed by atoms with Crippen LogP contribution in [0.4, 0.5) is 0 Å². The zero-order valence-electron chi connectivity index (χ0n) is 21.1. The Kier molecular flexibility index (Phi) is 6.46. The molecule has 0 fully saturated rings. The minimum Gasteiger partial charge on any atom is -0.361 e. The van der Waals surface area contributed by atoms with E-state index in [0.29, 0.717) is 16.7 Å². The fraction of sp³-hybridized carbons (Fsp3) is 0. The maximum absolute atomic E-state index is 12.3. The zero-order chi connectivity index (χ0) is 26.6. The molecule has 2 aliphatic rings. The predicted molar refractivity (Wildman–Crippen MR) is 152 cm³/mol. The van der Waals surface area contributed by atoms with Crippen LogP contribution in [0.25, 0.3) is 45.4 Å². The Morgan fingerprint density at radius 3 is 2.12 bits per heavy atom. The third kappa shape index (κ3) is 4.77. The van der Waals surface area contributed by atoms with Crippen molar-refractivity contribution in [2.75, 3.05) is 0 Å². The van der Waals surface area contributed by atoms with Crippen LogP contribution in [0.15, 0.2) is 96.0 Å². The molecule has 8 bridgehead atoms. The number of rotatable bonds is 3. The Hall–Kier alpha value is -4.37. The van der Waals surface area contributed by atoms with E-state index in [1.54, 1.807) is 12.1 Å². The molecule has 10 heteroatoms. The van der Waals surface area contributed by atoms with Gasteiger partial charge in [-0.15, -0.1) is 0 Å². The Balaban J connectivity index is 0.00000289. The van der Waals surface area contributed by atoms with E-state index in [4.69, 9.17) is 9.97 Å². The summed E-state index contributed by atoms with van der Waals surface area (Å²) in [5.41, 5.74) is 8.71. The van der Waals surface area contributed by atoms with Gasteiger partial charge in [0.2, 0.25) is 0 Å². The molecule has 0 atom stereocenters. The number of nitrogens with zero attached hydrogens (tertiary/aromatic N) is 2. The molecular weight excluding hydrogens is 576 g/mol. The molecule has 0 amide bonds. The average molecular weight is 597 g/mol. The van der Waals surface area contributed by atoms with E-state index in [1.807, 2.05) is 85.1 Å². The third-order valence-electron chi connectivity index (χ3n) is 6.64.